The van der Waals surface area contributed by atoms with Gasteiger partial charge in [0.05, 0.1) is 26.1 Å². The van der Waals surface area contributed by atoms with Gasteiger partial charge in [-0.2, -0.15) is 5.10 Å². The molecule has 9 nitrogen and oxygen atoms in total. The minimum atomic E-state index is -1.16. The second-order valence-corrected chi connectivity index (χ2v) is 4.73. The van der Waals surface area contributed by atoms with Crippen LogP contribution in [0.4, 0.5) is 0 Å². The second-order valence-electron chi connectivity index (χ2n) is 4.73. The molecule has 0 unspecified atom stereocenters. The molecule has 0 bridgehead atoms. The fourth-order valence-corrected chi connectivity index (χ4v) is 1.85. The Morgan fingerprint density at radius 3 is 2.72 bits per heavy atom. The van der Waals surface area contributed by atoms with Crippen molar-refractivity contribution >= 4 is 24.0 Å². The van der Waals surface area contributed by atoms with Crippen molar-refractivity contribution in [2.24, 2.45) is 5.10 Å². The van der Waals surface area contributed by atoms with E-state index >= 15 is 0 Å². The number of aromatic carboxylic acids is 1. The maximum absolute atomic E-state index is 11.6. The molecule has 2 rings (SSSR count). The number of benzene rings is 1. The monoisotopic (exact) mass is 345 g/mol. The van der Waals surface area contributed by atoms with Crippen LogP contribution in [0, 0.1) is 0 Å². The van der Waals surface area contributed by atoms with Crippen molar-refractivity contribution in [3.05, 3.63) is 53.5 Å². The van der Waals surface area contributed by atoms with Crippen molar-refractivity contribution in [2.45, 2.75) is 6.54 Å². The van der Waals surface area contributed by atoms with Crippen molar-refractivity contribution < 1.29 is 28.6 Å². The highest BCUT2D eigenvalue weighted by Crippen LogP contribution is 2.18. The molecule has 3 N–H and O–H groups in total. The summed E-state index contributed by atoms with van der Waals surface area (Å²) in [5.41, 5.74) is 2.41. The molecule has 2 aromatic rings. The van der Waals surface area contributed by atoms with Crippen molar-refractivity contribution in [1.82, 2.24) is 10.7 Å². The first kappa shape index (κ1) is 17.7. The van der Waals surface area contributed by atoms with E-state index < -0.39 is 17.8 Å². The van der Waals surface area contributed by atoms with Crippen LogP contribution >= 0.6 is 0 Å². The number of hydrogen-bond donors (Lipinski definition) is 3. The number of carboxylic acid groups (broad SMARTS) is 1. The van der Waals surface area contributed by atoms with Crippen LogP contribution in [0.25, 0.3) is 0 Å². The van der Waals surface area contributed by atoms with Gasteiger partial charge in [0, 0.05) is 0 Å². The summed E-state index contributed by atoms with van der Waals surface area (Å²) in [7, 11) is 1.36. The molecule has 130 valence electrons. The average Bonchev–Trinajstić information content (AvgIpc) is 3.12. The maximum Gasteiger partial charge on any atom is 0.339 e. The number of hydrazone groups is 1. The quantitative estimate of drug-likeness (QED) is 0.402. The fraction of sp³-hybridized carbons (Fsp3) is 0.125. The SMILES string of the molecule is COc1ccc(/C=N\NC(=O)C(=O)NCc2ccco2)cc1C(=O)O. The van der Waals surface area contributed by atoms with Crippen LogP contribution in [0.5, 0.6) is 5.75 Å². The Balaban J connectivity index is 1.91. The zero-order valence-corrected chi connectivity index (χ0v) is 13.2. The molecule has 0 fully saturated rings. The number of carbonyl (C=O) groups excluding carboxylic acids is 2. The normalized spacial score (nSPS) is 10.4. The van der Waals surface area contributed by atoms with Crippen LogP contribution < -0.4 is 15.5 Å². The van der Waals surface area contributed by atoms with Gasteiger partial charge < -0.3 is 19.6 Å². The average molecular weight is 345 g/mol. The molecular formula is C16H15N3O6. The van der Waals surface area contributed by atoms with E-state index in [1.54, 1.807) is 18.2 Å². The highest BCUT2D eigenvalue weighted by atomic mass is 16.5. The lowest BCUT2D eigenvalue weighted by atomic mass is 10.1. The van der Waals surface area contributed by atoms with E-state index in [0.717, 1.165) is 0 Å². The second kappa shape index (κ2) is 8.29. The van der Waals surface area contributed by atoms with Crippen LogP contribution in [0.2, 0.25) is 0 Å². The molecular weight excluding hydrogens is 330 g/mol. The molecule has 25 heavy (non-hydrogen) atoms. The molecule has 1 aromatic carbocycles. The number of nitrogens with one attached hydrogen (secondary N) is 2. The van der Waals surface area contributed by atoms with E-state index in [-0.39, 0.29) is 17.9 Å². The van der Waals surface area contributed by atoms with Gasteiger partial charge in [0.15, 0.2) is 0 Å². The standard InChI is InChI=1S/C16H15N3O6/c1-24-13-5-4-10(7-12(13)16(22)23)8-18-19-15(21)14(20)17-9-11-3-2-6-25-11/h2-8H,9H2,1H3,(H,17,20)(H,19,21)(H,22,23)/b18-8-. The van der Waals surface area contributed by atoms with Crippen LogP contribution in [0.3, 0.4) is 0 Å². The summed E-state index contributed by atoms with van der Waals surface area (Å²) >= 11 is 0. The smallest absolute Gasteiger partial charge is 0.339 e. The molecule has 0 saturated heterocycles. The first-order valence-electron chi connectivity index (χ1n) is 7.06. The molecule has 0 aliphatic heterocycles. The fourth-order valence-electron chi connectivity index (χ4n) is 1.85. The number of ether oxygens (including phenoxy) is 1. The summed E-state index contributed by atoms with van der Waals surface area (Å²) in [4.78, 5) is 34.3. The summed E-state index contributed by atoms with van der Waals surface area (Å²) in [6.07, 6.45) is 2.66. The van der Waals surface area contributed by atoms with Gasteiger partial charge in [0.25, 0.3) is 0 Å². The first-order valence-corrected chi connectivity index (χ1v) is 7.06. The third-order valence-electron chi connectivity index (χ3n) is 3.04. The summed E-state index contributed by atoms with van der Waals surface area (Å²) in [5, 5.41) is 15.1. The summed E-state index contributed by atoms with van der Waals surface area (Å²) in [5.74, 6) is -2.30. The van der Waals surface area contributed by atoms with Crippen LogP contribution in [-0.2, 0) is 16.1 Å². The van der Waals surface area contributed by atoms with E-state index in [0.29, 0.717) is 11.3 Å². The van der Waals surface area contributed by atoms with E-state index in [4.69, 9.17) is 14.3 Å². The molecule has 1 heterocycles. The minimum absolute atomic E-state index is 0.0473. The van der Waals surface area contributed by atoms with Gasteiger partial charge in [-0.3, -0.25) is 9.59 Å². The number of hydrogen-bond acceptors (Lipinski definition) is 6. The largest absolute Gasteiger partial charge is 0.496 e. The number of amides is 2. The molecule has 0 atom stereocenters. The van der Waals surface area contributed by atoms with Crippen molar-refractivity contribution in [3.63, 3.8) is 0 Å². The number of methoxy groups -OCH3 is 1. The number of furan rings is 1. The van der Waals surface area contributed by atoms with Crippen molar-refractivity contribution in [2.75, 3.05) is 7.11 Å². The van der Waals surface area contributed by atoms with Gasteiger partial charge in [-0.05, 0) is 35.9 Å². The van der Waals surface area contributed by atoms with Gasteiger partial charge >= 0.3 is 17.8 Å². The Morgan fingerprint density at radius 1 is 1.28 bits per heavy atom. The lowest BCUT2D eigenvalue weighted by Gasteiger charge is -2.05. The summed E-state index contributed by atoms with van der Waals surface area (Å²) < 4.78 is 9.96. The lowest BCUT2D eigenvalue weighted by molar-refractivity contribution is -0.139. The number of nitrogens with zero attached hydrogens (tertiary/aromatic N) is 1. The van der Waals surface area contributed by atoms with Crippen LogP contribution in [-0.4, -0.2) is 36.2 Å². The lowest BCUT2D eigenvalue weighted by Crippen LogP contribution is -2.37. The Kier molecular flexibility index (Phi) is 5.88. The molecule has 2 amide bonds. The zero-order chi connectivity index (χ0) is 18.2. The van der Waals surface area contributed by atoms with Gasteiger partial charge in [-0.25, -0.2) is 10.2 Å². The van der Waals surface area contributed by atoms with E-state index in [9.17, 15) is 14.4 Å². The summed E-state index contributed by atoms with van der Waals surface area (Å²) in [6, 6.07) is 7.65. The van der Waals surface area contributed by atoms with Gasteiger partial charge in [0.2, 0.25) is 0 Å². The Hall–Kier alpha value is -3.62. The molecule has 0 radical (unpaired) electrons. The number of rotatable bonds is 6. The Morgan fingerprint density at radius 2 is 2.08 bits per heavy atom. The Bertz CT molecular complexity index is 798. The molecule has 0 spiro atoms. The highest BCUT2D eigenvalue weighted by Gasteiger charge is 2.13. The highest BCUT2D eigenvalue weighted by molar-refractivity contribution is 6.35. The van der Waals surface area contributed by atoms with Crippen LogP contribution in [0.1, 0.15) is 21.7 Å². The molecule has 0 aliphatic rings. The third-order valence-corrected chi connectivity index (χ3v) is 3.04. The van der Waals surface area contributed by atoms with Gasteiger partial charge in [0.1, 0.15) is 17.1 Å². The van der Waals surface area contributed by atoms with E-state index in [1.165, 1.54) is 31.7 Å². The number of carbonyl (C=O) groups is 3. The molecule has 0 saturated carbocycles. The Labute approximate surface area is 142 Å². The number of carboxylic acids is 1. The van der Waals surface area contributed by atoms with Crippen LogP contribution in [0.15, 0.2) is 46.1 Å². The molecule has 1 aromatic heterocycles. The van der Waals surface area contributed by atoms with Gasteiger partial charge in [-0.1, -0.05) is 0 Å². The predicted molar refractivity (Wildman–Crippen MR) is 86.2 cm³/mol. The van der Waals surface area contributed by atoms with E-state index in [1.807, 2.05) is 5.43 Å². The predicted octanol–water partition coefficient (Wildman–Crippen LogP) is 0.753. The van der Waals surface area contributed by atoms with Crippen molar-refractivity contribution in [3.8, 4) is 5.75 Å². The topological polar surface area (TPSA) is 130 Å². The minimum Gasteiger partial charge on any atom is -0.496 e. The zero-order valence-electron chi connectivity index (χ0n) is 13.2. The summed E-state index contributed by atoms with van der Waals surface area (Å²) in [6.45, 7) is 0.0728. The first-order chi connectivity index (χ1) is 12.0. The maximum atomic E-state index is 11.6. The third kappa shape index (κ3) is 4.93. The molecule has 0 aliphatic carbocycles. The van der Waals surface area contributed by atoms with E-state index in [2.05, 4.69) is 10.4 Å². The van der Waals surface area contributed by atoms with Gasteiger partial charge in [-0.15, -0.1) is 0 Å². The van der Waals surface area contributed by atoms with Crippen molar-refractivity contribution in [1.29, 1.82) is 0 Å². The molecule has 9 heteroatoms.